The van der Waals surface area contributed by atoms with Gasteiger partial charge in [0.05, 0.1) is 16.8 Å². The van der Waals surface area contributed by atoms with Crippen molar-refractivity contribution in [3.05, 3.63) is 271 Å². The summed E-state index contributed by atoms with van der Waals surface area (Å²) >= 11 is 0. The first-order chi connectivity index (χ1) is 31.3. The van der Waals surface area contributed by atoms with E-state index >= 15 is 0 Å². The van der Waals surface area contributed by atoms with Crippen molar-refractivity contribution in [1.29, 1.82) is 0 Å². The molecule has 0 unspecified atom stereocenters. The number of benzene rings is 10. The third-order valence-electron chi connectivity index (χ3n) is 13.0. The fraction of sp³-hybridized carbons (Fsp3) is 0.0164. The van der Waals surface area contributed by atoms with Crippen LogP contribution >= 0.6 is 0 Å². The molecular formula is C61H41NO. The van der Waals surface area contributed by atoms with Crippen LogP contribution in [0.2, 0.25) is 0 Å². The average Bonchev–Trinajstić information content (AvgIpc) is 3.89. The van der Waals surface area contributed by atoms with Crippen LogP contribution in [0.4, 0.5) is 17.1 Å². The monoisotopic (exact) mass is 803 g/mol. The molecule has 2 heteroatoms. The largest absolute Gasteiger partial charge is 0.456 e. The lowest BCUT2D eigenvalue weighted by Gasteiger charge is -2.34. The van der Waals surface area contributed by atoms with Crippen LogP contribution in [0.25, 0.3) is 66.4 Å². The minimum Gasteiger partial charge on any atom is -0.456 e. The molecule has 0 amide bonds. The Bertz CT molecular complexity index is 3420. The van der Waals surface area contributed by atoms with E-state index < -0.39 is 5.41 Å². The summed E-state index contributed by atoms with van der Waals surface area (Å²) in [7, 11) is 0. The third-order valence-corrected chi connectivity index (χ3v) is 13.0. The van der Waals surface area contributed by atoms with Crippen molar-refractivity contribution in [2.45, 2.75) is 5.41 Å². The standard InChI is InChI=1S/C61H41NO/c1-4-21-42(22-5-1)46-27-10-11-28-47(46)48-29-12-13-30-49(48)50-31-15-18-36-56(50)62(45-39-40-52-51-32-16-19-38-58(51)63-59(52)41-45)57-37-20-35-55-60(57)53-33-14-17-34-54(53)61(55,43-23-6-2-7-24-43)44-25-8-3-9-26-44/h1-41H. The fourth-order valence-corrected chi connectivity index (χ4v) is 10.4. The maximum absolute atomic E-state index is 6.63. The minimum absolute atomic E-state index is 0.550. The Morgan fingerprint density at radius 2 is 0.810 bits per heavy atom. The van der Waals surface area contributed by atoms with Gasteiger partial charge in [-0.15, -0.1) is 0 Å². The summed E-state index contributed by atoms with van der Waals surface area (Å²) in [6.07, 6.45) is 0. The van der Waals surface area contributed by atoms with E-state index in [1.807, 2.05) is 6.07 Å². The van der Waals surface area contributed by atoms with Crippen LogP contribution in [-0.2, 0) is 5.41 Å². The molecule has 10 aromatic carbocycles. The molecular weight excluding hydrogens is 763 g/mol. The van der Waals surface area contributed by atoms with Gasteiger partial charge >= 0.3 is 0 Å². The van der Waals surface area contributed by atoms with Gasteiger partial charge in [-0.25, -0.2) is 0 Å². The van der Waals surface area contributed by atoms with E-state index in [9.17, 15) is 0 Å². The van der Waals surface area contributed by atoms with Crippen LogP contribution in [-0.4, -0.2) is 0 Å². The molecule has 1 aliphatic rings. The number of hydrogen-bond donors (Lipinski definition) is 0. The topological polar surface area (TPSA) is 16.4 Å². The van der Waals surface area contributed by atoms with Gasteiger partial charge in [0, 0.05) is 33.7 Å². The van der Waals surface area contributed by atoms with Gasteiger partial charge in [0.2, 0.25) is 0 Å². The van der Waals surface area contributed by atoms with Gasteiger partial charge in [-0.05, 0) is 86.0 Å². The summed E-state index contributed by atoms with van der Waals surface area (Å²) in [5.74, 6) is 0. The number of nitrogens with zero attached hydrogens (tertiary/aromatic N) is 1. The summed E-state index contributed by atoms with van der Waals surface area (Å²) < 4.78 is 6.63. The summed E-state index contributed by atoms with van der Waals surface area (Å²) in [6.45, 7) is 0. The molecule has 0 spiro atoms. The number of anilines is 3. The van der Waals surface area contributed by atoms with Gasteiger partial charge in [-0.3, -0.25) is 0 Å². The van der Waals surface area contributed by atoms with Crippen molar-refractivity contribution in [3.8, 4) is 44.5 Å². The van der Waals surface area contributed by atoms with Gasteiger partial charge < -0.3 is 9.32 Å². The molecule has 0 atom stereocenters. The molecule has 11 aromatic rings. The zero-order chi connectivity index (χ0) is 41.7. The number of para-hydroxylation sites is 2. The summed E-state index contributed by atoms with van der Waals surface area (Å²) in [5.41, 5.74) is 18.8. The first-order valence-electron chi connectivity index (χ1n) is 21.7. The molecule has 0 saturated carbocycles. The zero-order valence-electron chi connectivity index (χ0n) is 34.5. The van der Waals surface area contributed by atoms with E-state index in [1.54, 1.807) is 0 Å². The third kappa shape index (κ3) is 5.80. The van der Waals surface area contributed by atoms with Gasteiger partial charge in [-0.2, -0.15) is 0 Å². The first kappa shape index (κ1) is 36.6. The van der Waals surface area contributed by atoms with Gasteiger partial charge in [0.15, 0.2) is 0 Å². The molecule has 1 heterocycles. The molecule has 0 fully saturated rings. The molecule has 1 aliphatic carbocycles. The molecule has 12 rings (SSSR count). The predicted octanol–water partition coefficient (Wildman–Crippen LogP) is 16.4. The van der Waals surface area contributed by atoms with Crippen LogP contribution in [0.1, 0.15) is 22.3 Å². The van der Waals surface area contributed by atoms with Crippen molar-refractivity contribution in [1.82, 2.24) is 0 Å². The van der Waals surface area contributed by atoms with Gasteiger partial charge in [0.25, 0.3) is 0 Å². The van der Waals surface area contributed by atoms with E-state index in [1.165, 1.54) is 55.6 Å². The normalized spacial score (nSPS) is 12.6. The highest BCUT2D eigenvalue weighted by molar-refractivity contribution is 6.07. The van der Waals surface area contributed by atoms with E-state index in [0.717, 1.165) is 50.1 Å². The van der Waals surface area contributed by atoms with Crippen molar-refractivity contribution in [2.75, 3.05) is 4.90 Å². The Labute approximate surface area is 367 Å². The second-order valence-electron chi connectivity index (χ2n) is 16.3. The van der Waals surface area contributed by atoms with E-state index in [2.05, 4.69) is 248 Å². The smallest absolute Gasteiger partial charge is 0.137 e. The van der Waals surface area contributed by atoms with Crippen molar-refractivity contribution < 1.29 is 4.42 Å². The summed E-state index contributed by atoms with van der Waals surface area (Å²) in [4.78, 5) is 2.48. The summed E-state index contributed by atoms with van der Waals surface area (Å²) in [5, 5.41) is 2.21. The van der Waals surface area contributed by atoms with Crippen molar-refractivity contribution in [3.63, 3.8) is 0 Å². The van der Waals surface area contributed by atoms with Crippen LogP contribution in [0, 0.1) is 0 Å². The highest BCUT2D eigenvalue weighted by Gasteiger charge is 2.47. The summed E-state index contributed by atoms with van der Waals surface area (Å²) in [6, 6.07) is 90.3. The highest BCUT2D eigenvalue weighted by atomic mass is 16.3. The number of fused-ring (bicyclic) bond motifs is 6. The lowest BCUT2D eigenvalue weighted by Crippen LogP contribution is -2.28. The van der Waals surface area contributed by atoms with Crippen LogP contribution in [0.3, 0.4) is 0 Å². The highest BCUT2D eigenvalue weighted by Crippen LogP contribution is 2.60. The maximum atomic E-state index is 6.63. The Morgan fingerprint density at radius 1 is 0.317 bits per heavy atom. The molecule has 0 aliphatic heterocycles. The molecule has 0 radical (unpaired) electrons. The molecule has 0 bridgehead atoms. The number of hydrogen-bond acceptors (Lipinski definition) is 2. The Balaban J connectivity index is 1.15. The van der Waals surface area contributed by atoms with E-state index in [-0.39, 0.29) is 0 Å². The molecule has 2 nitrogen and oxygen atoms in total. The van der Waals surface area contributed by atoms with E-state index in [0.29, 0.717) is 0 Å². The van der Waals surface area contributed by atoms with Crippen molar-refractivity contribution >= 4 is 39.0 Å². The van der Waals surface area contributed by atoms with E-state index in [4.69, 9.17) is 4.42 Å². The second-order valence-corrected chi connectivity index (χ2v) is 16.3. The molecule has 63 heavy (non-hydrogen) atoms. The Hall–Kier alpha value is -8.20. The zero-order valence-corrected chi connectivity index (χ0v) is 34.5. The van der Waals surface area contributed by atoms with Gasteiger partial charge in [-0.1, -0.05) is 212 Å². The van der Waals surface area contributed by atoms with Crippen molar-refractivity contribution in [2.24, 2.45) is 0 Å². The van der Waals surface area contributed by atoms with Crippen LogP contribution in [0.15, 0.2) is 253 Å². The fourth-order valence-electron chi connectivity index (χ4n) is 10.4. The lowest BCUT2D eigenvalue weighted by molar-refractivity contribution is 0.669. The molecule has 0 N–H and O–H groups in total. The SMILES string of the molecule is c1ccc(-c2ccccc2-c2ccccc2-c2ccccc2N(c2ccc3c(c2)oc2ccccc23)c2cccc3c2-c2ccccc2C3(c2ccccc2)c2ccccc2)cc1. The first-order valence-corrected chi connectivity index (χ1v) is 21.7. The lowest BCUT2D eigenvalue weighted by atomic mass is 9.68. The molecule has 1 aromatic heterocycles. The Morgan fingerprint density at radius 3 is 1.52 bits per heavy atom. The maximum Gasteiger partial charge on any atom is 0.137 e. The van der Waals surface area contributed by atoms with Crippen LogP contribution in [0.5, 0.6) is 0 Å². The van der Waals surface area contributed by atoms with Crippen LogP contribution < -0.4 is 4.90 Å². The Kier molecular flexibility index (Phi) is 8.76. The molecule has 0 saturated heterocycles. The molecule has 296 valence electrons. The second kappa shape index (κ2) is 15.1. The number of rotatable bonds is 8. The van der Waals surface area contributed by atoms with Gasteiger partial charge in [0.1, 0.15) is 11.2 Å². The minimum atomic E-state index is -0.550. The number of furan rings is 1. The predicted molar refractivity (Wildman–Crippen MR) is 262 cm³/mol. The average molecular weight is 804 g/mol. The quantitative estimate of drug-likeness (QED) is 0.152.